The third kappa shape index (κ3) is 3.87. The molecule has 0 saturated carbocycles. The molecule has 90 valence electrons. The molecule has 0 aliphatic heterocycles. The summed E-state index contributed by atoms with van der Waals surface area (Å²) in [6.45, 7) is 3.83. The first-order valence-electron chi connectivity index (χ1n) is 5.32. The van der Waals surface area contributed by atoms with E-state index in [0.29, 0.717) is 24.8 Å². The number of aromatic nitrogens is 1. The second-order valence-electron chi connectivity index (χ2n) is 3.51. The SMILES string of the molecule is CCCCOCCn1cc(Cl)cc1C(=O)O. The number of unbranched alkanes of at least 4 members (excludes halogenated alkanes) is 1. The van der Waals surface area contributed by atoms with E-state index in [9.17, 15) is 4.79 Å². The van der Waals surface area contributed by atoms with E-state index in [-0.39, 0.29) is 5.69 Å². The lowest BCUT2D eigenvalue weighted by molar-refractivity contribution is 0.0680. The van der Waals surface area contributed by atoms with E-state index in [4.69, 9.17) is 21.4 Å². The van der Waals surface area contributed by atoms with Gasteiger partial charge in [0.1, 0.15) is 5.69 Å². The average Bonchev–Trinajstić information content (AvgIpc) is 2.59. The Balaban J connectivity index is 2.44. The van der Waals surface area contributed by atoms with E-state index in [1.807, 2.05) is 0 Å². The summed E-state index contributed by atoms with van der Waals surface area (Å²) >= 11 is 5.75. The summed E-state index contributed by atoms with van der Waals surface area (Å²) in [5.74, 6) is -0.972. The first-order valence-corrected chi connectivity index (χ1v) is 5.69. The summed E-state index contributed by atoms with van der Waals surface area (Å²) in [4.78, 5) is 10.8. The van der Waals surface area contributed by atoms with Gasteiger partial charge < -0.3 is 14.4 Å². The minimum Gasteiger partial charge on any atom is -0.477 e. The van der Waals surface area contributed by atoms with Crippen LogP contribution in [0.15, 0.2) is 12.3 Å². The fourth-order valence-corrected chi connectivity index (χ4v) is 1.57. The van der Waals surface area contributed by atoms with Crippen molar-refractivity contribution in [1.29, 1.82) is 0 Å². The summed E-state index contributed by atoms with van der Waals surface area (Å²) in [7, 11) is 0. The number of hydrogen-bond donors (Lipinski definition) is 1. The molecular weight excluding hydrogens is 230 g/mol. The van der Waals surface area contributed by atoms with E-state index in [1.54, 1.807) is 10.8 Å². The second-order valence-corrected chi connectivity index (χ2v) is 3.94. The lowest BCUT2D eigenvalue weighted by Crippen LogP contribution is -2.11. The molecule has 16 heavy (non-hydrogen) atoms. The summed E-state index contributed by atoms with van der Waals surface area (Å²) in [6.07, 6.45) is 3.72. The molecule has 0 aromatic carbocycles. The van der Waals surface area contributed by atoms with E-state index >= 15 is 0 Å². The molecule has 0 fully saturated rings. The Labute approximate surface area is 99.8 Å². The predicted octanol–water partition coefficient (Wildman–Crippen LogP) is 2.66. The van der Waals surface area contributed by atoms with Gasteiger partial charge >= 0.3 is 5.97 Å². The molecule has 0 aliphatic carbocycles. The van der Waals surface area contributed by atoms with Gasteiger partial charge in [-0.05, 0) is 12.5 Å². The molecule has 0 amide bonds. The molecule has 0 radical (unpaired) electrons. The third-order valence-corrected chi connectivity index (χ3v) is 2.41. The molecule has 4 nitrogen and oxygen atoms in total. The van der Waals surface area contributed by atoms with Gasteiger partial charge in [-0.3, -0.25) is 0 Å². The van der Waals surface area contributed by atoms with Gasteiger partial charge in [-0.25, -0.2) is 4.79 Å². The highest BCUT2D eigenvalue weighted by atomic mass is 35.5. The highest BCUT2D eigenvalue weighted by Crippen LogP contribution is 2.14. The molecule has 1 aromatic heterocycles. The van der Waals surface area contributed by atoms with Crippen LogP contribution in [-0.2, 0) is 11.3 Å². The van der Waals surface area contributed by atoms with Crippen LogP contribution in [0.4, 0.5) is 0 Å². The Hall–Kier alpha value is -1.00. The molecule has 0 atom stereocenters. The Kier molecular flexibility index (Phi) is 5.35. The number of ether oxygens (including phenoxy) is 1. The number of rotatable bonds is 7. The van der Waals surface area contributed by atoms with Crippen molar-refractivity contribution in [1.82, 2.24) is 4.57 Å². The van der Waals surface area contributed by atoms with Gasteiger partial charge in [-0.1, -0.05) is 24.9 Å². The maximum absolute atomic E-state index is 10.8. The Morgan fingerprint density at radius 1 is 1.56 bits per heavy atom. The molecule has 0 spiro atoms. The highest BCUT2D eigenvalue weighted by molar-refractivity contribution is 6.30. The fourth-order valence-electron chi connectivity index (χ4n) is 1.35. The molecule has 1 heterocycles. The quantitative estimate of drug-likeness (QED) is 0.752. The van der Waals surface area contributed by atoms with Crippen LogP contribution in [-0.4, -0.2) is 28.9 Å². The Bertz CT molecular complexity index is 349. The topological polar surface area (TPSA) is 51.5 Å². The van der Waals surface area contributed by atoms with Gasteiger partial charge in [0.05, 0.1) is 11.6 Å². The van der Waals surface area contributed by atoms with E-state index in [2.05, 4.69) is 6.92 Å². The number of carbonyl (C=O) groups is 1. The maximum atomic E-state index is 10.8. The predicted molar refractivity (Wildman–Crippen MR) is 62.1 cm³/mol. The van der Waals surface area contributed by atoms with Crippen LogP contribution in [0.25, 0.3) is 0 Å². The minimum atomic E-state index is -0.972. The van der Waals surface area contributed by atoms with Crippen molar-refractivity contribution in [2.75, 3.05) is 13.2 Å². The summed E-state index contributed by atoms with van der Waals surface area (Å²) in [6, 6.07) is 1.44. The smallest absolute Gasteiger partial charge is 0.352 e. The van der Waals surface area contributed by atoms with Crippen LogP contribution in [0.5, 0.6) is 0 Å². The van der Waals surface area contributed by atoms with Crippen LogP contribution in [0.1, 0.15) is 30.3 Å². The van der Waals surface area contributed by atoms with Crippen molar-refractivity contribution in [3.8, 4) is 0 Å². The number of hydrogen-bond acceptors (Lipinski definition) is 2. The zero-order valence-electron chi connectivity index (χ0n) is 9.28. The number of carboxylic acids is 1. The van der Waals surface area contributed by atoms with Crippen LogP contribution in [0.2, 0.25) is 5.02 Å². The third-order valence-electron chi connectivity index (χ3n) is 2.20. The second kappa shape index (κ2) is 6.55. The van der Waals surface area contributed by atoms with Crippen molar-refractivity contribution < 1.29 is 14.6 Å². The van der Waals surface area contributed by atoms with E-state index < -0.39 is 5.97 Å². The first-order chi connectivity index (χ1) is 7.65. The molecule has 0 unspecified atom stereocenters. The fraction of sp³-hybridized carbons (Fsp3) is 0.545. The van der Waals surface area contributed by atoms with Gasteiger partial charge in [-0.15, -0.1) is 0 Å². The van der Waals surface area contributed by atoms with Crippen LogP contribution < -0.4 is 0 Å². The normalized spacial score (nSPS) is 10.6. The van der Waals surface area contributed by atoms with Crippen molar-refractivity contribution in [3.63, 3.8) is 0 Å². The number of halogens is 1. The highest BCUT2D eigenvalue weighted by Gasteiger charge is 2.10. The molecule has 1 aromatic rings. The number of aromatic carboxylic acids is 1. The zero-order chi connectivity index (χ0) is 12.0. The monoisotopic (exact) mass is 245 g/mol. The molecule has 0 saturated heterocycles. The lowest BCUT2D eigenvalue weighted by atomic mass is 10.4. The zero-order valence-corrected chi connectivity index (χ0v) is 10.0. The van der Waals surface area contributed by atoms with Gasteiger partial charge in [0, 0.05) is 19.3 Å². The van der Waals surface area contributed by atoms with Crippen molar-refractivity contribution in [3.05, 3.63) is 23.0 Å². The largest absolute Gasteiger partial charge is 0.477 e. The van der Waals surface area contributed by atoms with Crippen LogP contribution in [0.3, 0.4) is 0 Å². The molecule has 0 aliphatic rings. The standard InChI is InChI=1S/C11H16ClNO3/c1-2-3-5-16-6-4-13-8-9(12)7-10(13)11(14)15/h7-8H,2-6H2,1H3,(H,14,15). The van der Waals surface area contributed by atoms with Crippen molar-refractivity contribution in [2.24, 2.45) is 0 Å². The Morgan fingerprint density at radius 2 is 2.31 bits per heavy atom. The lowest BCUT2D eigenvalue weighted by Gasteiger charge is -2.06. The van der Waals surface area contributed by atoms with Crippen LogP contribution in [0, 0.1) is 0 Å². The Morgan fingerprint density at radius 3 is 2.94 bits per heavy atom. The molecule has 1 rings (SSSR count). The molecule has 5 heteroatoms. The van der Waals surface area contributed by atoms with Gasteiger partial charge in [-0.2, -0.15) is 0 Å². The minimum absolute atomic E-state index is 0.198. The molecule has 1 N–H and O–H groups in total. The summed E-state index contributed by atoms with van der Waals surface area (Å²) in [5.41, 5.74) is 0.198. The summed E-state index contributed by atoms with van der Waals surface area (Å²) in [5, 5.41) is 9.34. The average molecular weight is 246 g/mol. The van der Waals surface area contributed by atoms with Crippen LogP contribution >= 0.6 is 11.6 Å². The van der Waals surface area contributed by atoms with Gasteiger partial charge in [0.15, 0.2) is 0 Å². The van der Waals surface area contributed by atoms with E-state index in [0.717, 1.165) is 12.8 Å². The first kappa shape index (κ1) is 13.1. The molecule has 0 bridgehead atoms. The van der Waals surface area contributed by atoms with Gasteiger partial charge in [0.25, 0.3) is 0 Å². The number of nitrogens with zero attached hydrogens (tertiary/aromatic N) is 1. The summed E-state index contributed by atoms with van der Waals surface area (Å²) < 4.78 is 6.96. The van der Waals surface area contributed by atoms with E-state index in [1.165, 1.54) is 6.07 Å². The number of carboxylic acid groups (broad SMARTS) is 1. The van der Waals surface area contributed by atoms with Gasteiger partial charge in [0.2, 0.25) is 0 Å². The molecular formula is C11H16ClNO3. The maximum Gasteiger partial charge on any atom is 0.352 e. The van der Waals surface area contributed by atoms with Crippen molar-refractivity contribution in [2.45, 2.75) is 26.3 Å². The van der Waals surface area contributed by atoms with Crippen molar-refractivity contribution >= 4 is 17.6 Å².